The Labute approximate surface area is 162 Å². The Balaban J connectivity index is 1.50. The molecule has 0 radical (unpaired) electrons. The van der Waals surface area contributed by atoms with Gasteiger partial charge in [-0.1, -0.05) is 68.7 Å². The molecule has 27 heavy (non-hydrogen) atoms. The van der Waals surface area contributed by atoms with Crippen molar-refractivity contribution >= 4 is 10.8 Å². The fourth-order valence-electron chi connectivity index (χ4n) is 4.49. The van der Waals surface area contributed by atoms with Gasteiger partial charge in [-0.25, -0.2) is 4.39 Å². The van der Waals surface area contributed by atoms with Gasteiger partial charge in [0.15, 0.2) is 0 Å². The number of hydrogen-bond donors (Lipinski definition) is 0. The molecule has 1 heteroatoms. The average molecular weight is 361 g/mol. The topological polar surface area (TPSA) is 0 Å². The second-order valence-corrected chi connectivity index (χ2v) is 8.10. The third kappa shape index (κ3) is 4.24. The molecular weight excluding hydrogens is 331 g/mol. The van der Waals surface area contributed by atoms with Gasteiger partial charge < -0.3 is 0 Å². The number of benzene rings is 3. The molecule has 3 aromatic rings. The lowest BCUT2D eigenvalue weighted by Crippen LogP contribution is -2.13. The molecule has 0 fully saturated rings. The lowest BCUT2D eigenvalue weighted by atomic mass is 9.80. The molecule has 3 aromatic carbocycles. The summed E-state index contributed by atoms with van der Waals surface area (Å²) < 4.78 is 13.6. The maximum Gasteiger partial charge on any atom is 0.123 e. The van der Waals surface area contributed by atoms with Crippen LogP contribution in [0, 0.1) is 5.82 Å². The highest BCUT2D eigenvalue weighted by molar-refractivity contribution is 5.84. The maximum absolute atomic E-state index is 13.6. The first-order valence-corrected chi connectivity index (χ1v) is 10.5. The smallest absolute Gasteiger partial charge is 0.123 e. The number of halogens is 1. The number of fused-ring (bicyclic) bond motifs is 2. The highest BCUT2D eigenvalue weighted by Crippen LogP contribution is 2.34. The van der Waals surface area contributed by atoms with Gasteiger partial charge in [0.2, 0.25) is 0 Å². The summed E-state index contributed by atoms with van der Waals surface area (Å²) >= 11 is 0. The van der Waals surface area contributed by atoms with E-state index >= 15 is 0 Å². The summed E-state index contributed by atoms with van der Waals surface area (Å²) in [4.78, 5) is 0. The number of aryl methyl sites for hydroxylation is 2. The van der Waals surface area contributed by atoms with Crippen molar-refractivity contribution in [1.82, 2.24) is 0 Å². The van der Waals surface area contributed by atoms with Gasteiger partial charge in [-0.3, -0.25) is 0 Å². The van der Waals surface area contributed by atoms with Crippen molar-refractivity contribution in [2.24, 2.45) is 0 Å². The zero-order valence-electron chi connectivity index (χ0n) is 16.3. The lowest BCUT2D eigenvalue weighted by molar-refractivity contribution is 0.572. The van der Waals surface area contributed by atoms with Crippen molar-refractivity contribution in [1.29, 1.82) is 0 Å². The van der Waals surface area contributed by atoms with E-state index < -0.39 is 0 Å². The largest absolute Gasteiger partial charge is 0.207 e. The fraction of sp³-hybridized carbons (Fsp3) is 0.385. The summed E-state index contributed by atoms with van der Waals surface area (Å²) in [5.41, 5.74) is 5.36. The summed E-state index contributed by atoms with van der Waals surface area (Å²) in [6, 6.07) is 19.1. The van der Waals surface area contributed by atoms with E-state index in [2.05, 4.69) is 43.3 Å². The van der Waals surface area contributed by atoms with Crippen LogP contribution in [0.15, 0.2) is 54.6 Å². The Morgan fingerprint density at radius 3 is 2.59 bits per heavy atom. The highest BCUT2D eigenvalue weighted by atomic mass is 19.1. The van der Waals surface area contributed by atoms with Crippen LogP contribution in [0.5, 0.6) is 0 Å². The van der Waals surface area contributed by atoms with Gasteiger partial charge in [0.1, 0.15) is 5.82 Å². The molecular formula is C26H29F. The Kier molecular flexibility index (Phi) is 5.57. The number of hydrogen-bond acceptors (Lipinski definition) is 0. The first-order valence-electron chi connectivity index (χ1n) is 10.5. The van der Waals surface area contributed by atoms with E-state index in [-0.39, 0.29) is 5.82 Å². The van der Waals surface area contributed by atoms with Crippen molar-refractivity contribution in [3.8, 4) is 0 Å². The molecule has 1 aliphatic carbocycles. The van der Waals surface area contributed by atoms with Crippen LogP contribution in [0.25, 0.3) is 10.8 Å². The third-order valence-corrected chi connectivity index (χ3v) is 6.12. The van der Waals surface area contributed by atoms with Crippen LogP contribution < -0.4 is 0 Å². The molecule has 0 amide bonds. The van der Waals surface area contributed by atoms with Crippen LogP contribution >= 0.6 is 0 Å². The van der Waals surface area contributed by atoms with Gasteiger partial charge in [-0.15, -0.1) is 0 Å². The van der Waals surface area contributed by atoms with Crippen LogP contribution in [-0.4, -0.2) is 0 Å². The molecule has 1 aliphatic rings. The van der Waals surface area contributed by atoms with E-state index in [0.29, 0.717) is 5.92 Å². The summed E-state index contributed by atoms with van der Waals surface area (Å²) in [5.74, 6) is 0.386. The molecule has 0 spiro atoms. The minimum atomic E-state index is -0.112. The summed E-state index contributed by atoms with van der Waals surface area (Å²) in [6.07, 6.45) is 9.59. The van der Waals surface area contributed by atoms with Crippen LogP contribution in [0.3, 0.4) is 0 Å². The maximum atomic E-state index is 13.6. The van der Waals surface area contributed by atoms with Crippen LogP contribution in [0.1, 0.15) is 67.2 Å². The third-order valence-electron chi connectivity index (χ3n) is 6.12. The van der Waals surface area contributed by atoms with Gasteiger partial charge in [0.25, 0.3) is 0 Å². The molecule has 0 N–H and O–H groups in total. The number of rotatable bonds is 6. The molecule has 0 saturated heterocycles. The fourth-order valence-corrected chi connectivity index (χ4v) is 4.49. The lowest BCUT2D eigenvalue weighted by Gasteiger charge is -2.25. The molecule has 0 heterocycles. The zero-order valence-corrected chi connectivity index (χ0v) is 16.3. The average Bonchev–Trinajstić information content (AvgIpc) is 2.70. The van der Waals surface area contributed by atoms with Gasteiger partial charge in [0.05, 0.1) is 0 Å². The first-order chi connectivity index (χ1) is 13.2. The Bertz CT molecular complexity index is 925. The van der Waals surface area contributed by atoms with Gasteiger partial charge in [-0.2, -0.15) is 0 Å². The van der Waals surface area contributed by atoms with E-state index in [1.54, 1.807) is 12.1 Å². The second-order valence-electron chi connectivity index (χ2n) is 8.10. The van der Waals surface area contributed by atoms with Gasteiger partial charge >= 0.3 is 0 Å². The number of unbranched alkanes of at least 4 members (excludes halogenated alkanes) is 3. The molecule has 1 atom stereocenters. The predicted octanol–water partition coefficient (Wildman–Crippen LogP) is 7.37. The monoisotopic (exact) mass is 360 g/mol. The van der Waals surface area contributed by atoms with Crippen LogP contribution in [0.2, 0.25) is 0 Å². The molecule has 0 aromatic heterocycles. The minimum Gasteiger partial charge on any atom is -0.207 e. The van der Waals surface area contributed by atoms with Crippen molar-refractivity contribution in [2.75, 3.05) is 0 Å². The van der Waals surface area contributed by atoms with E-state index in [4.69, 9.17) is 0 Å². The normalized spacial score (nSPS) is 16.4. The molecule has 0 nitrogen and oxygen atoms in total. The SMILES string of the molecule is CCCCCCc1ccc2cc(C3CCc4ccc(F)cc4C3)ccc2c1. The van der Waals surface area contributed by atoms with Gasteiger partial charge in [-0.05, 0) is 83.2 Å². The molecule has 1 unspecified atom stereocenters. The van der Waals surface area contributed by atoms with E-state index in [1.807, 2.05) is 6.07 Å². The Morgan fingerprint density at radius 1 is 0.852 bits per heavy atom. The Hall–Kier alpha value is -2.15. The molecule has 140 valence electrons. The molecule has 4 rings (SSSR count). The summed E-state index contributed by atoms with van der Waals surface area (Å²) in [6.45, 7) is 2.26. The molecule has 0 saturated carbocycles. The molecule has 0 bridgehead atoms. The van der Waals surface area contributed by atoms with Crippen molar-refractivity contribution in [2.45, 2.75) is 64.2 Å². The van der Waals surface area contributed by atoms with Crippen LogP contribution in [-0.2, 0) is 19.3 Å². The summed E-state index contributed by atoms with van der Waals surface area (Å²) in [5, 5.41) is 2.67. The minimum absolute atomic E-state index is 0.112. The van der Waals surface area contributed by atoms with E-state index in [9.17, 15) is 4.39 Å². The molecule has 0 aliphatic heterocycles. The van der Waals surface area contributed by atoms with E-state index in [0.717, 1.165) is 19.3 Å². The Morgan fingerprint density at radius 2 is 1.70 bits per heavy atom. The zero-order chi connectivity index (χ0) is 18.6. The summed E-state index contributed by atoms with van der Waals surface area (Å²) in [7, 11) is 0. The van der Waals surface area contributed by atoms with Crippen LogP contribution in [0.4, 0.5) is 4.39 Å². The van der Waals surface area contributed by atoms with Gasteiger partial charge in [0, 0.05) is 0 Å². The van der Waals surface area contributed by atoms with E-state index in [1.165, 1.54) is 65.1 Å². The van der Waals surface area contributed by atoms with Crippen molar-refractivity contribution in [3.63, 3.8) is 0 Å². The van der Waals surface area contributed by atoms with Crippen molar-refractivity contribution in [3.05, 3.63) is 82.7 Å². The van der Waals surface area contributed by atoms with Crippen molar-refractivity contribution < 1.29 is 4.39 Å². The quantitative estimate of drug-likeness (QED) is 0.402. The second kappa shape index (κ2) is 8.25. The first kappa shape index (κ1) is 18.2. The highest BCUT2D eigenvalue weighted by Gasteiger charge is 2.20. The predicted molar refractivity (Wildman–Crippen MR) is 113 cm³/mol. The standard InChI is InChI=1S/C26H29F/c1-2-3-4-5-6-19-7-8-22-16-23(12-11-21(22)15-19)24-10-9-20-13-14-26(27)18-25(20)17-24/h7-8,11-16,18,24H,2-6,9-10,17H2,1H3.